The number of aromatic carboxylic acids is 1. The van der Waals surface area contributed by atoms with Crippen LogP contribution in [0.25, 0.3) is 0 Å². The molecule has 7 heteroatoms. The predicted octanol–water partition coefficient (Wildman–Crippen LogP) is 0.418. The van der Waals surface area contributed by atoms with Crippen molar-refractivity contribution in [3.8, 4) is 5.75 Å². The summed E-state index contributed by atoms with van der Waals surface area (Å²) in [6, 6.07) is 3.71. The Hall–Kier alpha value is -2.57. The lowest BCUT2D eigenvalue weighted by atomic mass is 9.95. The molecule has 0 aliphatic rings. The van der Waals surface area contributed by atoms with Gasteiger partial charge in [-0.2, -0.15) is 0 Å². The van der Waals surface area contributed by atoms with Crippen molar-refractivity contribution in [3.05, 3.63) is 29.3 Å². The summed E-state index contributed by atoms with van der Waals surface area (Å²) in [5.74, 6) is -6.87. The molecule has 0 atom stereocenters. The molecule has 4 N–H and O–H groups in total. The number of aliphatic carboxylic acids is 2. The van der Waals surface area contributed by atoms with Gasteiger partial charge in [0.25, 0.3) is 0 Å². The molecule has 0 spiro atoms. The Labute approximate surface area is 101 Å². The maximum atomic E-state index is 10.9. The van der Waals surface area contributed by atoms with Crippen LogP contribution in [0.5, 0.6) is 5.75 Å². The molecule has 1 aromatic rings. The van der Waals surface area contributed by atoms with E-state index in [1.807, 2.05) is 0 Å². The number of aromatic hydroxyl groups is 1. The fraction of sp³-hybridized carbons (Fsp3) is 0.182. The van der Waals surface area contributed by atoms with Crippen LogP contribution in [-0.4, -0.2) is 38.3 Å². The summed E-state index contributed by atoms with van der Waals surface area (Å²) in [5.41, 5.74) is -0.526. The summed E-state index contributed by atoms with van der Waals surface area (Å²) < 4.78 is 0. The molecule has 0 aliphatic carbocycles. The van der Waals surface area contributed by atoms with Crippen LogP contribution in [0, 0.1) is 5.92 Å². The first-order chi connectivity index (χ1) is 8.34. The Bertz CT molecular complexity index is 492. The molecule has 0 aromatic heterocycles. The van der Waals surface area contributed by atoms with E-state index in [0.29, 0.717) is 0 Å². The van der Waals surface area contributed by atoms with Crippen molar-refractivity contribution in [2.75, 3.05) is 0 Å². The van der Waals surface area contributed by atoms with Gasteiger partial charge in [0.05, 0.1) is 0 Å². The van der Waals surface area contributed by atoms with Gasteiger partial charge in [0.15, 0.2) is 5.92 Å². The van der Waals surface area contributed by atoms with Crippen LogP contribution >= 0.6 is 0 Å². The second-order valence-electron chi connectivity index (χ2n) is 3.55. The molecule has 0 amide bonds. The van der Waals surface area contributed by atoms with Crippen molar-refractivity contribution in [3.63, 3.8) is 0 Å². The molecular formula is C11H10O7. The highest BCUT2D eigenvalue weighted by Crippen LogP contribution is 2.23. The van der Waals surface area contributed by atoms with Crippen LogP contribution in [0.3, 0.4) is 0 Å². The smallest absolute Gasteiger partial charge is 0.339 e. The van der Waals surface area contributed by atoms with Gasteiger partial charge in [-0.05, 0) is 18.1 Å². The highest BCUT2D eigenvalue weighted by atomic mass is 16.4. The summed E-state index contributed by atoms with van der Waals surface area (Å²) in [6.45, 7) is 0. The van der Waals surface area contributed by atoms with Gasteiger partial charge in [0, 0.05) is 0 Å². The molecule has 0 unspecified atom stereocenters. The van der Waals surface area contributed by atoms with E-state index in [9.17, 15) is 19.5 Å². The molecule has 18 heavy (non-hydrogen) atoms. The topological polar surface area (TPSA) is 132 Å². The van der Waals surface area contributed by atoms with E-state index in [-0.39, 0.29) is 5.56 Å². The Balaban J connectivity index is 3.18. The van der Waals surface area contributed by atoms with Gasteiger partial charge in [0.2, 0.25) is 0 Å². The third-order valence-corrected chi connectivity index (χ3v) is 2.36. The minimum Gasteiger partial charge on any atom is -0.507 e. The highest BCUT2D eigenvalue weighted by Gasteiger charge is 2.28. The molecule has 0 saturated heterocycles. The number of hydrogen-bond donors (Lipinski definition) is 4. The van der Waals surface area contributed by atoms with Crippen molar-refractivity contribution in [1.82, 2.24) is 0 Å². The van der Waals surface area contributed by atoms with E-state index in [1.165, 1.54) is 12.1 Å². The minimum absolute atomic E-state index is 0.0442. The van der Waals surface area contributed by atoms with Gasteiger partial charge in [-0.25, -0.2) is 4.79 Å². The molecule has 0 saturated carbocycles. The summed E-state index contributed by atoms with van der Waals surface area (Å²) in [5, 5.41) is 35.7. The lowest BCUT2D eigenvalue weighted by Crippen LogP contribution is -2.26. The van der Waals surface area contributed by atoms with Gasteiger partial charge < -0.3 is 20.4 Å². The largest absolute Gasteiger partial charge is 0.507 e. The number of hydrogen-bond acceptors (Lipinski definition) is 4. The van der Waals surface area contributed by atoms with Gasteiger partial charge in [-0.15, -0.1) is 0 Å². The second-order valence-corrected chi connectivity index (χ2v) is 3.55. The zero-order valence-electron chi connectivity index (χ0n) is 9.03. The minimum atomic E-state index is -1.76. The van der Waals surface area contributed by atoms with E-state index in [1.54, 1.807) is 0 Å². The lowest BCUT2D eigenvalue weighted by Gasteiger charge is -2.10. The van der Waals surface area contributed by atoms with Gasteiger partial charge in [-0.3, -0.25) is 9.59 Å². The molecule has 1 aromatic carbocycles. The maximum Gasteiger partial charge on any atom is 0.339 e. The average molecular weight is 254 g/mol. The molecule has 0 bridgehead atoms. The van der Waals surface area contributed by atoms with Crippen LogP contribution in [0.1, 0.15) is 15.9 Å². The third kappa shape index (κ3) is 2.76. The third-order valence-electron chi connectivity index (χ3n) is 2.36. The van der Waals surface area contributed by atoms with Gasteiger partial charge in [0.1, 0.15) is 11.3 Å². The molecular weight excluding hydrogens is 244 g/mol. The first-order valence-electron chi connectivity index (χ1n) is 4.84. The number of rotatable bonds is 5. The zero-order chi connectivity index (χ0) is 13.9. The summed E-state index contributed by atoms with van der Waals surface area (Å²) in [4.78, 5) is 32.4. The zero-order valence-corrected chi connectivity index (χ0v) is 9.03. The van der Waals surface area contributed by atoms with E-state index in [4.69, 9.17) is 15.3 Å². The molecule has 7 nitrogen and oxygen atoms in total. The molecule has 0 aliphatic heterocycles. The summed E-state index contributed by atoms with van der Waals surface area (Å²) >= 11 is 0. The summed E-state index contributed by atoms with van der Waals surface area (Å²) in [6.07, 6.45) is -0.513. The quantitative estimate of drug-likeness (QED) is 0.559. The molecule has 0 radical (unpaired) electrons. The van der Waals surface area contributed by atoms with Crippen LogP contribution < -0.4 is 0 Å². The first-order valence-corrected chi connectivity index (χ1v) is 4.84. The van der Waals surface area contributed by atoms with E-state index in [2.05, 4.69) is 0 Å². The Morgan fingerprint density at radius 3 is 2.06 bits per heavy atom. The predicted molar refractivity (Wildman–Crippen MR) is 57.5 cm³/mol. The SMILES string of the molecule is O=C(O)c1c(O)cccc1CC(C(=O)O)C(=O)O. The Kier molecular flexibility index (Phi) is 3.88. The average Bonchev–Trinajstić information content (AvgIpc) is 2.24. The highest BCUT2D eigenvalue weighted by molar-refractivity contribution is 5.95. The second kappa shape index (κ2) is 5.17. The fourth-order valence-electron chi connectivity index (χ4n) is 1.50. The van der Waals surface area contributed by atoms with Crippen molar-refractivity contribution >= 4 is 17.9 Å². The lowest BCUT2D eigenvalue weighted by molar-refractivity contribution is -0.154. The van der Waals surface area contributed by atoms with Crippen molar-refractivity contribution in [2.24, 2.45) is 5.92 Å². The maximum absolute atomic E-state index is 10.9. The van der Waals surface area contributed by atoms with E-state index >= 15 is 0 Å². The number of phenols is 1. The summed E-state index contributed by atoms with van der Waals surface area (Å²) in [7, 11) is 0. The number of carboxylic acids is 3. The number of benzene rings is 1. The van der Waals surface area contributed by atoms with Gasteiger partial charge in [-0.1, -0.05) is 12.1 Å². The molecule has 0 fully saturated rings. The van der Waals surface area contributed by atoms with Crippen molar-refractivity contribution < 1.29 is 34.8 Å². The molecule has 96 valence electrons. The van der Waals surface area contributed by atoms with Gasteiger partial charge >= 0.3 is 17.9 Å². The van der Waals surface area contributed by atoms with Crippen LogP contribution in [0.2, 0.25) is 0 Å². The first kappa shape index (κ1) is 13.5. The molecule has 1 rings (SSSR count). The standard InChI is InChI=1S/C11H10O7/c12-7-3-1-2-5(8(7)11(17)18)4-6(9(13)14)10(15)16/h1-3,6,12H,4H2,(H,13,14)(H,15,16)(H,17,18). The Morgan fingerprint density at radius 2 is 1.61 bits per heavy atom. The van der Waals surface area contributed by atoms with Crippen LogP contribution in [0.4, 0.5) is 0 Å². The van der Waals surface area contributed by atoms with Crippen LogP contribution in [0.15, 0.2) is 18.2 Å². The van der Waals surface area contributed by atoms with E-state index < -0.39 is 41.6 Å². The normalized spacial score (nSPS) is 10.3. The van der Waals surface area contributed by atoms with Crippen molar-refractivity contribution in [2.45, 2.75) is 6.42 Å². The van der Waals surface area contributed by atoms with E-state index in [0.717, 1.165) is 6.07 Å². The van der Waals surface area contributed by atoms with Crippen molar-refractivity contribution in [1.29, 1.82) is 0 Å². The fourth-order valence-corrected chi connectivity index (χ4v) is 1.50. The molecule has 0 heterocycles. The van der Waals surface area contributed by atoms with Crippen LogP contribution in [-0.2, 0) is 16.0 Å². The monoisotopic (exact) mass is 254 g/mol. The number of carbonyl (C=O) groups is 3. The number of carboxylic acid groups (broad SMARTS) is 3. The Morgan fingerprint density at radius 1 is 1.06 bits per heavy atom.